The van der Waals surface area contributed by atoms with Crippen LogP contribution in [0.1, 0.15) is 30.3 Å². The minimum Gasteiger partial charge on any atom is -0.312 e. The van der Waals surface area contributed by atoms with Crippen LogP contribution in [0.4, 0.5) is 0 Å². The summed E-state index contributed by atoms with van der Waals surface area (Å²) < 4.78 is 28.2. The van der Waals surface area contributed by atoms with Gasteiger partial charge in [-0.3, -0.25) is 4.21 Å². The van der Waals surface area contributed by atoms with Gasteiger partial charge in [0.05, 0.1) is 0 Å². The molecule has 4 heteroatoms. The maximum absolute atomic E-state index is 14.7. The molecule has 0 aliphatic carbocycles. The lowest BCUT2D eigenvalue weighted by Crippen LogP contribution is -2.25. The SMILES string of the molecule is CCCC[S@@](=O)[C@H](c1ccccc1)P(=O)(c1ccccc1)c1ccccc1. The smallest absolute Gasteiger partial charge is 0.162 e. The number of hydrogen-bond acceptors (Lipinski definition) is 2. The number of hydrogen-bond donors (Lipinski definition) is 0. The van der Waals surface area contributed by atoms with Gasteiger partial charge in [-0.1, -0.05) is 104 Å². The zero-order valence-electron chi connectivity index (χ0n) is 15.5. The first-order valence-corrected chi connectivity index (χ1v) is 12.5. The summed E-state index contributed by atoms with van der Waals surface area (Å²) in [5.74, 6) is 0.555. The van der Waals surface area contributed by atoms with Gasteiger partial charge in [-0.25, -0.2) is 0 Å². The van der Waals surface area contributed by atoms with Crippen LogP contribution in [0.25, 0.3) is 0 Å². The normalized spacial score (nSPS) is 13.8. The first-order valence-electron chi connectivity index (χ1n) is 9.31. The molecule has 0 heterocycles. The van der Waals surface area contributed by atoms with Gasteiger partial charge in [0.15, 0.2) is 7.14 Å². The summed E-state index contributed by atoms with van der Waals surface area (Å²) >= 11 is 0. The maximum Gasteiger partial charge on any atom is 0.162 e. The molecule has 0 fully saturated rings. The molecule has 0 saturated heterocycles. The highest BCUT2D eigenvalue weighted by Crippen LogP contribution is 2.58. The van der Waals surface area contributed by atoms with E-state index in [9.17, 15) is 8.77 Å². The van der Waals surface area contributed by atoms with Crippen molar-refractivity contribution >= 4 is 28.6 Å². The van der Waals surface area contributed by atoms with Crippen molar-refractivity contribution in [2.45, 2.75) is 24.8 Å². The van der Waals surface area contributed by atoms with E-state index in [1.807, 2.05) is 91.0 Å². The summed E-state index contributed by atoms with van der Waals surface area (Å²) in [6, 6.07) is 28.8. The number of rotatable bonds is 8. The van der Waals surface area contributed by atoms with E-state index in [2.05, 4.69) is 6.92 Å². The van der Waals surface area contributed by atoms with Crippen LogP contribution in [0.15, 0.2) is 91.0 Å². The molecule has 0 aliphatic heterocycles. The van der Waals surface area contributed by atoms with Crippen molar-refractivity contribution in [1.82, 2.24) is 0 Å². The summed E-state index contributed by atoms with van der Waals surface area (Å²) in [5.41, 5.74) is 0.878. The van der Waals surface area contributed by atoms with Crippen molar-refractivity contribution in [3.8, 4) is 0 Å². The Labute approximate surface area is 164 Å². The van der Waals surface area contributed by atoms with Crippen molar-refractivity contribution < 1.29 is 8.77 Å². The molecular formula is C23H25O2PS. The highest BCUT2D eigenvalue weighted by molar-refractivity contribution is 7.98. The summed E-state index contributed by atoms with van der Waals surface area (Å²) in [4.78, 5) is -0.546. The lowest BCUT2D eigenvalue weighted by molar-refractivity contribution is 0.584. The molecule has 0 unspecified atom stereocenters. The van der Waals surface area contributed by atoms with Crippen molar-refractivity contribution in [3.63, 3.8) is 0 Å². The molecule has 27 heavy (non-hydrogen) atoms. The van der Waals surface area contributed by atoms with E-state index < -0.39 is 22.9 Å². The Bertz CT molecular complexity index is 867. The largest absolute Gasteiger partial charge is 0.312 e. The average Bonchev–Trinajstić information content (AvgIpc) is 2.74. The van der Waals surface area contributed by atoms with Crippen molar-refractivity contribution in [2.24, 2.45) is 0 Å². The minimum atomic E-state index is -3.15. The number of unbranched alkanes of at least 4 members (excludes halogenated alkanes) is 1. The lowest BCUT2D eigenvalue weighted by Gasteiger charge is -2.28. The van der Waals surface area contributed by atoms with E-state index >= 15 is 0 Å². The van der Waals surface area contributed by atoms with Crippen LogP contribution in [0, 0.1) is 0 Å². The molecule has 0 N–H and O–H groups in total. The van der Waals surface area contributed by atoms with Gasteiger partial charge in [-0.15, -0.1) is 0 Å². The Morgan fingerprint density at radius 1 is 0.778 bits per heavy atom. The van der Waals surface area contributed by atoms with Crippen molar-refractivity contribution in [2.75, 3.05) is 5.75 Å². The van der Waals surface area contributed by atoms with Gasteiger partial charge in [0.2, 0.25) is 0 Å². The molecule has 0 aromatic heterocycles. The van der Waals surface area contributed by atoms with E-state index in [0.29, 0.717) is 5.75 Å². The topological polar surface area (TPSA) is 34.1 Å². The van der Waals surface area contributed by atoms with E-state index in [1.54, 1.807) is 0 Å². The fraction of sp³-hybridized carbons (Fsp3) is 0.217. The Hall–Kier alpha value is -1.96. The zero-order chi connectivity index (χ0) is 19.1. The highest BCUT2D eigenvalue weighted by atomic mass is 32.2. The lowest BCUT2D eigenvalue weighted by atomic mass is 10.2. The monoisotopic (exact) mass is 396 g/mol. The van der Waals surface area contributed by atoms with E-state index in [4.69, 9.17) is 0 Å². The van der Waals surface area contributed by atoms with Gasteiger partial charge in [0.1, 0.15) is 4.99 Å². The molecule has 140 valence electrons. The Morgan fingerprint density at radius 2 is 1.22 bits per heavy atom. The fourth-order valence-electron chi connectivity index (χ4n) is 3.26. The molecule has 3 aromatic rings. The van der Waals surface area contributed by atoms with E-state index in [0.717, 1.165) is 29.0 Å². The van der Waals surface area contributed by atoms with Crippen LogP contribution in [0.2, 0.25) is 0 Å². The number of benzene rings is 3. The molecule has 0 aliphatic rings. The predicted octanol–water partition coefficient (Wildman–Crippen LogP) is 5.25. The summed E-state index contributed by atoms with van der Waals surface area (Å²) in [5, 5.41) is 1.52. The first kappa shape index (κ1) is 19.8. The average molecular weight is 396 g/mol. The molecule has 3 rings (SSSR count). The zero-order valence-corrected chi connectivity index (χ0v) is 17.2. The second-order valence-electron chi connectivity index (χ2n) is 6.53. The second-order valence-corrected chi connectivity index (χ2v) is 11.4. The molecule has 0 saturated carbocycles. The minimum absolute atomic E-state index is 0.546. The molecular weight excluding hydrogens is 371 g/mol. The molecule has 0 amide bonds. The maximum atomic E-state index is 14.7. The molecule has 3 aromatic carbocycles. The highest BCUT2D eigenvalue weighted by Gasteiger charge is 2.41. The summed E-state index contributed by atoms with van der Waals surface area (Å²) in [7, 11) is -4.39. The summed E-state index contributed by atoms with van der Waals surface area (Å²) in [6.45, 7) is 2.09. The van der Waals surface area contributed by atoms with Gasteiger partial charge in [0, 0.05) is 27.2 Å². The first-order chi connectivity index (χ1) is 13.2. The van der Waals surface area contributed by atoms with E-state index in [1.165, 1.54) is 0 Å². The van der Waals surface area contributed by atoms with Gasteiger partial charge >= 0.3 is 0 Å². The van der Waals surface area contributed by atoms with Crippen LogP contribution in [-0.2, 0) is 15.4 Å². The molecule has 2 nitrogen and oxygen atoms in total. The second kappa shape index (κ2) is 9.30. The third-order valence-electron chi connectivity index (χ3n) is 4.64. The standard InChI is InChI=1S/C23H25O2PS/c1-2-3-19-27(25)23(20-13-7-4-8-14-20)26(24,21-15-9-5-10-16-21)22-17-11-6-12-18-22/h4-18,23H,2-3,19H2,1H3/t23-,27-/m1/s1. The van der Waals surface area contributed by atoms with Crippen LogP contribution in [-0.4, -0.2) is 9.96 Å². The Morgan fingerprint density at radius 3 is 1.67 bits per heavy atom. The van der Waals surface area contributed by atoms with Crippen LogP contribution < -0.4 is 10.6 Å². The quantitative estimate of drug-likeness (QED) is 0.488. The molecule has 0 spiro atoms. The third-order valence-corrected chi connectivity index (χ3v) is 10.8. The Balaban J connectivity index is 2.23. The van der Waals surface area contributed by atoms with Crippen molar-refractivity contribution in [1.29, 1.82) is 0 Å². The third kappa shape index (κ3) is 4.31. The van der Waals surface area contributed by atoms with Gasteiger partial charge in [-0.05, 0) is 12.0 Å². The molecule has 2 atom stereocenters. The molecule has 0 bridgehead atoms. The Kier molecular flexibility index (Phi) is 6.82. The van der Waals surface area contributed by atoms with Gasteiger partial charge < -0.3 is 4.57 Å². The predicted molar refractivity (Wildman–Crippen MR) is 117 cm³/mol. The van der Waals surface area contributed by atoms with E-state index in [-0.39, 0.29) is 0 Å². The molecule has 0 radical (unpaired) electrons. The van der Waals surface area contributed by atoms with Gasteiger partial charge in [-0.2, -0.15) is 0 Å². The van der Waals surface area contributed by atoms with Crippen LogP contribution >= 0.6 is 7.14 Å². The van der Waals surface area contributed by atoms with Crippen LogP contribution in [0.3, 0.4) is 0 Å². The summed E-state index contributed by atoms with van der Waals surface area (Å²) in [6.07, 6.45) is 1.83. The van der Waals surface area contributed by atoms with Gasteiger partial charge in [0.25, 0.3) is 0 Å². The van der Waals surface area contributed by atoms with Crippen LogP contribution in [0.5, 0.6) is 0 Å². The fourth-order valence-corrected chi connectivity index (χ4v) is 9.55. The van der Waals surface area contributed by atoms with Crippen molar-refractivity contribution in [3.05, 3.63) is 96.6 Å².